The number of ether oxygens (including phenoxy) is 1. The van der Waals surface area contributed by atoms with Crippen LogP contribution in [0.25, 0.3) is 0 Å². The summed E-state index contributed by atoms with van der Waals surface area (Å²) in [6, 6.07) is 3.80. The summed E-state index contributed by atoms with van der Waals surface area (Å²) in [5, 5.41) is 0. The van der Waals surface area contributed by atoms with E-state index in [1.807, 2.05) is 26.2 Å². The Balaban J connectivity index is 1.60. The molecule has 0 aliphatic carbocycles. The summed E-state index contributed by atoms with van der Waals surface area (Å²) in [7, 11) is 4.00. The van der Waals surface area contributed by atoms with Crippen LogP contribution in [0.5, 0.6) is 5.75 Å². The number of nitrogens with zero attached hydrogens (tertiary/aromatic N) is 4. The van der Waals surface area contributed by atoms with Crippen molar-refractivity contribution in [2.24, 2.45) is 0 Å². The van der Waals surface area contributed by atoms with Gasteiger partial charge in [-0.1, -0.05) is 0 Å². The minimum atomic E-state index is -0.126. The summed E-state index contributed by atoms with van der Waals surface area (Å²) in [5.41, 5.74) is 1.58. The van der Waals surface area contributed by atoms with Gasteiger partial charge in [0.05, 0.1) is 17.9 Å². The van der Waals surface area contributed by atoms with Crippen LogP contribution in [0.15, 0.2) is 29.1 Å². The van der Waals surface area contributed by atoms with Crippen LogP contribution in [0.3, 0.4) is 0 Å². The van der Waals surface area contributed by atoms with Crippen molar-refractivity contribution in [1.29, 1.82) is 0 Å². The van der Waals surface area contributed by atoms with E-state index in [0.717, 1.165) is 24.4 Å². The molecule has 1 aliphatic rings. The lowest BCUT2D eigenvalue weighted by atomic mass is 10.3. The Kier molecular flexibility index (Phi) is 4.80. The molecule has 0 radical (unpaired) electrons. The number of pyridine rings is 1. The van der Waals surface area contributed by atoms with Crippen molar-refractivity contribution in [2.45, 2.75) is 26.0 Å². The molecule has 7 nitrogen and oxygen atoms in total. The maximum Gasteiger partial charge on any atom is 0.291 e. The second-order valence-corrected chi connectivity index (χ2v) is 6.27. The van der Waals surface area contributed by atoms with E-state index in [4.69, 9.17) is 9.15 Å². The van der Waals surface area contributed by atoms with E-state index < -0.39 is 0 Å². The Morgan fingerprint density at radius 2 is 2.29 bits per heavy atom. The number of aryl methyl sites for hydroxylation is 1. The van der Waals surface area contributed by atoms with E-state index in [2.05, 4.69) is 14.9 Å². The molecule has 0 saturated carbocycles. The summed E-state index contributed by atoms with van der Waals surface area (Å²) in [6.45, 7) is 3.73. The van der Waals surface area contributed by atoms with Crippen LogP contribution in [0, 0.1) is 6.92 Å². The number of hydrogen-bond donors (Lipinski definition) is 0. The minimum absolute atomic E-state index is 0.0215. The molecule has 3 heterocycles. The Hall–Kier alpha value is -2.41. The summed E-state index contributed by atoms with van der Waals surface area (Å²) in [6.07, 6.45) is 3.83. The highest BCUT2D eigenvalue weighted by molar-refractivity contribution is 5.92. The van der Waals surface area contributed by atoms with Crippen molar-refractivity contribution < 1.29 is 13.9 Å². The molecule has 1 saturated heterocycles. The molecule has 2 aromatic rings. The molecule has 7 heteroatoms. The summed E-state index contributed by atoms with van der Waals surface area (Å²) in [4.78, 5) is 24.5. The molecular formula is C17H22N4O3. The lowest BCUT2D eigenvalue weighted by molar-refractivity contribution is 0.0740. The third kappa shape index (κ3) is 3.73. The van der Waals surface area contributed by atoms with Crippen LogP contribution >= 0.6 is 0 Å². The Morgan fingerprint density at radius 1 is 1.46 bits per heavy atom. The fourth-order valence-electron chi connectivity index (χ4n) is 2.79. The van der Waals surface area contributed by atoms with Gasteiger partial charge in [-0.05, 0) is 27.1 Å². The van der Waals surface area contributed by atoms with Crippen LogP contribution in [-0.2, 0) is 6.54 Å². The lowest BCUT2D eigenvalue weighted by Gasteiger charge is -2.17. The van der Waals surface area contributed by atoms with Crippen molar-refractivity contribution in [3.8, 4) is 5.75 Å². The first-order valence-corrected chi connectivity index (χ1v) is 7.98. The fraction of sp³-hybridized carbons (Fsp3) is 0.471. The number of oxazole rings is 1. The molecule has 3 rings (SSSR count). The van der Waals surface area contributed by atoms with Gasteiger partial charge < -0.3 is 19.0 Å². The molecule has 128 valence electrons. The van der Waals surface area contributed by atoms with Gasteiger partial charge in [-0.15, -0.1) is 0 Å². The molecule has 0 N–H and O–H groups in total. The van der Waals surface area contributed by atoms with E-state index in [0.29, 0.717) is 24.5 Å². The standard InChI is InChI=1S/C17H22N4O3/c1-12-16(23-11-19-12)17(22)21-7-5-15(10-21)24-14-4-6-18-13(8-14)9-20(2)3/h4,6,8,11,15H,5,7,9-10H2,1-3H3. The largest absolute Gasteiger partial charge is 0.488 e. The monoisotopic (exact) mass is 330 g/mol. The third-order valence-electron chi connectivity index (χ3n) is 3.94. The maximum atomic E-state index is 12.4. The van der Waals surface area contributed by atoms with E-state index in [1.165, 1.54) is 6.39 Å². The SMILES string of the molecule is Cc1ncoc1C(=O)N1CCC(Oc2ccnc(CN(C)C)c2)C1. The molecule has 0 aromatic carbocycles. The molecule has 0 spiro atoms. The normalized spacial score (nSPS) is 17.5. The summed E-state index contributed by atoms with van der Waals surface area (Å²) < 4.78 is 11.2. The van der Waals surface area contributed by atoms with Crippen molar-refractivity contribution in [1.82, 2.24) is 19.8 Å². The zero-order valence-corrected chi connectivity index (χ0v) is 14.2. The first kappa shape index (κ1) is 16.4. The molecule has 1 unspecified atom stereocenters. The van der Waals surface area contributed by atoms with Crippen molar-refractivity contribution >= 4 is 5.91 Å². The Morgan fingerprint density at radius 3 is 3.00 bits per heavy atom. The van der Waals surface area contributed by atoms with Gasteiger partial charge in [-0.25, -0.2) is 4.98 Å². The van der Waals surface area contributed by atoms with Crippen LogP contribution < -0.4 is 4.74 Å². The summed E-state index contributed by atoms with van der Waals surface area (Å²) in [5.74, 6) is 0.976. The zero-order valence-electron chi connectivity index (χ0n) is 14.2. The van der Waals surface area contributed by atoms with Gasteiger partial charge in [0.2, 0.25) is 5.76 Å². The quantitative estimate of drug-likeness (QED) is 0.831. The highest BCUT2D eigenvalue weighted by Gasteiger charge is 2.30. The fourth-order valence-corrected chi connectivity index (χ4v) is 2.79. The number of amides is 1. The van der Waals surface area contributed by atoms with Crippen LogP contribution in [0.1, 0.15) is 28.4 Å². The number of aromatic nitrogens is 2. The van der Waals surface area contributed by atoms with E-state index in [9.17, 15) is 4.79 Å². The number of likely N-dealkylation sites (tertiary alicyclic amines) is 1. The van der Waals surface area contributed by atoms with Crippen molar-refractivity contribution in [3.05, 3.63) is 41.9 Å². The van der Waals surface area contributed by atoms with Gasteiger partial charge in [0.1, 0.15) is 11.9 Å². The molecule has 1 aliphatic heterocycles. The number of carbonyl (C=O) groups excluding carboxylic acids is 1. The number of rotatable bonds is 5. The van der Waals surface area contributed by atoms with Gasteiger partial charge in [-0.3, -0.25) is 9.78 Å². The zero-order chi connectivity index (χ0) is 17.1. The predicted octanol–water partition coefficient (Wildman–Crippen LogP) is 1.73. The third-order valence-corrected chi connectivity index (χ3v) is 3.94. The van der Waals surface area contributed by atoms with Gasteiger partial charge in [0.25, 0.3) is 5.91 Å². The summed E-state index contributed by atoms with van der Waals surface area (Å²) >= 11 is 0. The molecule has 1 atom stereocenters. The average Bonchev–Trinajstić information content (AvgIpc) is 3.15. The molecule has 2 aromatic heterocycles. The first-order chi connectivity index (χ1) is 11.5. The second kappa shape index (κ2) is 7.00. The predicted molar refractivity (Wildman–Crippen MR) is 87.8 cm³/mol. The highest BCUT2D eigenvalue weighted by atomic mass is 16.5. The maximum absolute atomic E-state index is 12.4. The second-order valence-electron chi connectivity index (χ2n) is 6.27. The minimum Gasteiger partial charge on any atom is -0.488 e. The van der Waals surface area contributed by atoms with Gasteiger partial charge in [0, 0.05) is 31.8 Å². The number of hydrogen-bond acceptors (Lipinski definition) is 6. The first-order valence-electron chi connectivity index (χ1n) is 7.98. The van der Waals surface area contributed by atoms with Crippen molar-refractivity contribution in [3.63, 3.8) is 0 Å². The van der Waals surface area contributed by atoms with Gasteiger partial charge >= 0.3 is 0 Å². The van der Waals surface area contributed by atoms with E-state index >= 15 is 0 Å². The van der Waals surface area contributed by atoms with Crippen LogP contribution in [-0.4, -0.2) is 59.0 Å². The molecule has 1 amide bonds. The Labute approximate surface area is 141 Å². The van der Waals surface area contributed by atoms with Crippen LogP contribution in [0.2, 0.25) is 0 Å². The molecule has 24 heavy (non-hydrogen) atoms. The average molecular weight is 330 g/mol. The Bertz CT molecular complexity index is 713. The number of carbonyl (C=O) groups is 1. The molecule has 1 fully saturated rings. The van der Waals surface area contributed by atoms with E-state index in [-0.39, 0.29) is 12.0 Å². The highest BCUT2D eigenvalue weighted by Crippen LogP contribution is 2.21. The van der Waals surface area contributed by atoms with Crippen molar-refractivity contribution in [2.75, 3.05) is 27.2 Å². The lowest BCUT2D eigenvalue weighted by Crippen LogP contribution is -2.31. The van der Waals surface area contributed by atoms with Gasteiger partial charge in [-0.2, -0.15) is 0 Å². The van der Waals surface area contributed by atoms with Gasteiger partial charge in [0.15, 0.2) is 6.39 Å². The smallest absolute Gasteiger partial charge is 0.291 e. The molecular weight excluding hydrogens is 308 g/mol. The van der Waals surface area contributed by atoms with Crippen LogP contribution in [0.4, 0.5) is 0 Å². The topological polar surface area (TPSA) is 71.7 Å². The van der Waals surface area contributed by atoms with E-state index in [1.54, 1.807) is 18.0 Å². The molecule has 0 bridgehead atoms.